The van der Waals surface area contributed by atoms with Crippen molar-refractivity contribution in [3.8, 4) is 23.1 Å². The van der Waals surface area contributed by atoms with Crippen molar-refractivity contribution < 1.29 is 0 Å². The van der Waals surface area contributed by atoms with Gasteiger partial charge in [0.2, 0.25) is 0 Å². The predicted octanol–water partition coefficient (Wildman–Crippen LogP) is 2.40. The Balaban J connectivity index is 1.99. The van der Waals surface area contributed by atoms with E-state index in [1.54, 1.807) is 6.07 Å². The van der Waals surface area contributed by atoms with Gasteiger partial charge in [-0.3, -0.25) is 0 Å². The molecule has 0 spiro atoms. The molecule has 0 aliphatic carbocycles. The van der Waals surface area contributed by atoms with Crippen LogP contribution in [0.3, 0.4) is 0 Å². The molecular weight excluding hydrogens is 276 g/mol. The molecule has 0 bridgehead atoms. The van der Waals surface area contributed by atoms with Gasteiger partial charge in [-0.2, -0.15) is 15.0 Å². The first-order valence-corrected chi connectivity index (χ1v) is 6.75. The topological polar surface area (TPSA) is 93.4 Å². The summed E-state index contributed by atoms with van der Waals surface area (Å²) in [7, 11) is 0. The van der Waals surface area contributed by atoms with Crippen LogP contribution in [-0.2, 0) is 0 Å². The molecule has 0 saturated carbocycles. The average molecular weight is 290 g/mol. The second-order valence-electron chi connectivity index (χ2n) is 5.06. The number of hydrogen-bond acceptors (Lipinski definition) is 5. The highest BCUT2D eigenvalue weighted by atomic mass is 15.4. The van der Waals surface area contributed by atoms with Gasteiger partial charge >= 0.3 is 0 Å². The Morgan fingerprint density at radius 1 is 1.14 bits per heavy atom. The molecule has 3 aromatic rings. The summed E-state index contributed by atoms with van der Waals surface area (Å²) in [6.07, 6.45) is 1.41. The molecule has 1 aromatic carbocycles. The molecule has 3 rings (SSSR count). The first-order valence-electron chi connectivity index (χ1n) is 6.75. The van der Waals surface area contributed by atoms with E-state index in [0.29, 0.717) is 11.4 Å². The number of aryl methyl sites for hydroxylation is 2. The number of benzene rings is 1. The molecule has 6 heteroatoms. The van der Waals surface area contributed by atoms with E-state index < -0.39 is 0 Å². The standard InChI is InChI=1S/C16H14N6/c1-10-3-4-13(11(2)7-10)14-5-6-15(21-20-14)22-16(18)12(8-17)9-19-22/h3-7,9H,18H2,1-2H3. The van der Waals surface area contributed by atoms with Gasteiger partial charge in [-0.05, 0) is 31.5 Å². The highest BCUT2D eigenvalue weighted by Crippen LogP contribution is 2.23. The molecular formula is C16H14N6. The number of nitrogens with zero attached hydrogens (tertiary/aromatic N) is 5. The van der Waals surface area contributed by atoms with Crippen molar-refractivity contribution in [3.05, 3.63) is 53.2 Å². The fourth-order valence-electron chi connectivity index (χ4n) is 2.31. The van der Waals surface area contributed by atoms with E-state index in [1.807, 2.05) is 31.2 Å². The molecule has 0 radical (unpaired) electrons. The van der Waals surface area contributed by atoms with Gasteiger partial charge in [0.25, 0.3) is 0 Å². The summed E-state index contributed by atoms with van der Waals surface area (Å²) in [5.41, 5.74) is 10.3. The molecule has 0 aliphatic heterocycles. The number of nitriles is 1. The van der Waals surface area contributed by atoms with Crippen LogP contribution >= 0.6 is 0 Å². The summed E-state index contributed by atoms with van der Waals surface area (Å²) >= 11 is 0. The zero-order valence-corrected chi connectivity index (χ0v) is 12.3. The van der Waals surface area contributed by atoms with E-state index in [-0.39, 0.29) is 5.82 Å². The Kier molecular flexibility index (Phi) is 3.31. The quantitative estimate of drug-likeness (QED) is 0.782. The SMILES string of the molecule is Cc1ccc(-c2ccc(-n3ncc(C#N)c3N)nn2)c(C)c1. The van der Waals surface area contributed by atoms with Gasteiger partial charge in [0.15, 0.2) is 5.82 Å². The number of rotatable bonds is 2. The number of nitrogen functional groups attached to an aromatic ring is 1. The van der Waals surface area contributed by atoms with Gasteiger partial charge < -0.3 is 5.73 Å². The van der Waals surface area contributed by atoms with Crippen LogP contribution in [0.1, 0.15) is 16.7 Å². The maximum Gasteiger partial charge on any atom is 0.178 e. The van der Waals surface area contributed by atoms with Crippen molar-refractivity contribution >= 4 is 5.82 Å². The molecule has 0 saturated heterocycles. The van der Waals surface area contributed by atoms with Crippen LogP contribution in [0, 0.1) is 25.2 Å². The third kappa shape index (κ3) is 2.29. The van der Waals surface area contributed by atoms with Gasteiger partial charge in [-0.1, -0.05) is 23.8 Å². The minimum absolute atomic E-state index is 0.260. The van der Waals surface area contributed by atoms with Crippen molar-refractivity contribution in [2.45, 2.75) is 13.8 Å². The van der Waals surface area contributed by atoms with Gasteiger partial charge in [-0.25, -0.2) is 0 Å². The minimum atomic E-state index is 0.260. The zero-order chi connectivity index (χ0) is 15.7. The van der Waals surface area contributed by atoms with Crippen molar-refractivity contribution in [2.24, 2.45) is 0 Å². The van der Waals surface area contributed by atoms with Gasteiger partial charge in [0.1, 0.15) is 17.5 Å². The van der Waals surface area contributed by atoms with Crippen LogP contribution in [0.15, 0.2) is 36.5 Å². The first kappa shape index (κ1) is 13.8. The second kappa shape index (κ2) is 5.30. The Morgan fingerprint density at radius 3 is 2.55 bits per heavy atom. The maximum atomic E-state index is 8.91. The van der Waals surface area contributed by atoms with Crippen molar-refractivity contribution in [1.29, 1.82) is 5.26 Å². The predicted molar refractivity (Wildman–Crippen MR) is 83.2 cm³/mol. The number of hydrogen-bond donors (Lipinski definition) is 1. The van der Waals surface area contributed by atoms with Gasteiger partial charge in [0.05, 0.1) is 11.9 Å². The Morgan fingerprint density at radius 2 is 1.95 bits per heavy atom. The van der Waals surface area contributed by atoms with Crippen LogP contribution in [-0.4, -0.2) is 20.0 Å². The second-order valence-corrected chi connectivity index (χ2v) is 5.06. The van der Waals surface area contributed by atoms with E-state index >= 15 is 0 Å². The third-order valence-electron chi connectivity index (χ3n) is 3.45. The highest BCUT2D eigenvalue weighted by Gasteiger charge is 2.11. The summed E-state index contributed by atoms with van der Waals surface area (Å²) in [4.78, 5) is 0. The lowest BCUT2D eigenvalue weighted by atomic mass is 10.0. The van der Waals surface area contributed by atoms with Crippen molar-refractivity contribution in [2.75, 3.05) is 5.73 Å². The first-order chi connectivity index (χ1) is 10.6. The minimum Gasteiger partial charge on any atom is -0.382 e. The molecule has 0 aliphatic rings. The van der Waals surface area contributed by atoms with Crippen LogP contribution in [0.5, 0.6) is 0 Å². The monoisotopic (exact) mass is 290 g/mol. The smallest absolute Gasteiger partial charge is 0.178 e. The summed E-state index contributed by atoms with van der Waals surface area (Å²) in [6.45, 7) is 4.10. The van der Waals surface area contributed by atoms with Crippen LogP contribution < -0.4 is 5.73 Å². The van der Waals surface area contributed by atoms with E-state index in [4.69, 9.17) is 11.0 Å². The fourth-order valence-corrected chi connectivity index (χ4v) is 2.31. The van der Waals surface area contributed by atoms with Crippen molar-refractivity contribution in [3.63, 3.8) is 0 Å². The molecule has 2 N–H and O–H groups in total. The number of nitrogens with two attached hydrogens (primary N) is 1. The largest absolute Gasteiger partial charge is 0.382 e. The van der Waals surface area contributed by atoms with E-state index in [2.05, 4.69) is 28.3 Å². The Hall–Kier alpha value is -3.20. The highest BCUT2D eigenvalue weighted by molar-refractivity contribution is 5.64. The molecule has 108 valence electrons. The molecule has 2 aromatic heterocycles. The molecule has 0 amide bonds. The van der Waals surface area contributed by atoms with E-state index in [0.717, 1.165) is 16.8 Å². The number of anilines is 1. The summed E-state index contributed by atoms with van der Waals surface area (Å²) < 4.78 is 1.40. The van der Waals surface area contributed by atoms with E-state index in [9.17, 15) is 0 Å². The van der Waals surface area contributed by atoms with Gasteiger partial charge in [0, 0.05) is 5.56 Å². The number of aromatic nitrogens is 4. The van der Waals surface area contributed by atoms with Crippen molar-refractivity contribution in [1.82, 2.24) is 20.0 Å². The zero-order valence-electron chi connectivity index (χ0n) is 12.3. The molecule has 0 atom stereocenters. The molecule has 0 unspecified atom stereocenters. The summed E-state index contributed by atoms with van der Waals surface area (Å²) in [6, 6.07) is 11.8. The average Bonchev–Trinajstić information content (AvgIpc) is 2.88. The third-order valence-corrected chi connectivity index (χ3v) is 3.45. The summed E-state index contributed by atoms with van der Waals surface area (Å²) in [5.74, 6) is 0.739. The summed E-state index contributed by atoms with van der Waals surface area (Å²) in [5, 5.41) is 21.4. The maximum absolute atomic E-state index is 8.91. The van der Waals surface area contributed by atoms with Crippen LogP contribution in [0.4, 0.5) is 5.82 Å². The lowest BCUT2D eigenvalue weighted by Gasteiger charge is -2.07. The lowest BCUT2D eigenvalue weighted by Crippen LogP contribution is -2.06. The normalized spacial score (nSPS) is 10.4. The molecule has 0 fully saturated rings. The van der Waals surface area contributed by atoms with E-state index in [1.165, 1.54) is 16.4 Å². The Bertz CT molecular complexity index is 871. The Labute approximate surface area is 127 Å². The van der Waals surface area contributed by atoms with Crippen LogP contribution in [0.2, 0.25) is 0 Å². The van der Waals surface area contributed by atoms with Gasteiger partial charge in [-0.15, -0.1) is 10.2 Å². The fraction of sp³-hybridized carbons (Fsp3) is 0.125. The van der Waals surface area contributed by atoms with Crippen LogP contribution in [0.25, 0.3) is 17.1 Å². The molecule has 22 heavy (non-hydrogen) atoms. The lowest BCUT2D eigenvalue weighted by molar-refractivity contribution is 0.824. The molecule has 2 heterocycles. The molecule has 6 nitrogen and oxygen atoms in total.